The van der Waals surface area contributed by atoms with E-state index in [1.165, 1.54) is 18.2 Å². The van der Waals surface area contributed by atoms with Crippen LogP contribution >= 0.6 is 0 Å². The van der Waals surface area contributed by atoms with Gasteiger partial charge in [-0.3, -0.25) is 4.79 Å². The molecule has 2 aliphatic heterocycles. The lowest BCUT2D eigenvalue weighted by molar-refractivity contribution is -0.263. The van der Waals surface area contributed by atoms with Crippen molar-refractivity contribution in [1.82, 2.24) is 10.2 Å². The smallest absolute Gasteiger partial charge is 0.346 e. The van der Waals surface area contributed by atoms with E-state index >= 15 is 0 Å². The van der Waals surface area contributed by atoms with E-state index in [4.69, 9.17) is 9.47 Å². The molecule has 11 nitrogen and oxygen atoms in total. The summed E-state index contributed by atoms with van der Waals surface area (Å²) in [5.74, 6) is -2.06. The maximum absolute atomic E-state index is 12.9. The second-order valence-corrected chi connectivity index (χ2v) is 13.6. The number of esters is 2. The Morgan fingerprint density at radius 1 is 0.778 bits per heavy atom. The van der Waals surface area contributed by atoms with Gasteiger partial charge >= 0.3 is 11.9 Å². The van der Waals surface area contributed by atoms with Crippen molar-refractivity contribution >= 4 is 17.8 Å². The van der Waals surface area contributed by atoms with Crippen LogP contribution in [0.5, 0.6) is 5.75 Å². The van der Waals surface area contributed by atoms with Gasteiger partial charge < -0.3 is 39.7 Å². The Bertz CT molecular complexity index is 2120. The van der Waals surface area contributed by atoms with Crippen LogP contribution in [0, 0.1) is 0 Å². The molecule has 1 amide bonds. The predicted octanol–water partition coefficient (Wildman–Crippen LogP) is 5.73. The Kier molecular flexibility index (Phi) is 11.0. The molecule has 11 heteroatoms. The number of hydrogen-bond donors (Lipinski definition) is 4. The van der Waals surface area contributed by atoms with Crippen molar-refractivity contribution in [3.8, 4) is 5.75 Å². The highest BCUT2D eigenvalue weighted by Crippen LogP contribution is 2.47. The van der Waals surface area contributed by atoms with E-state index in [-0.39, 0.29) is 41.5 Å². The van der Waals surface area contributed by atoms with Crippen molar-refractivity contribution in [3.63, 3.8) is 0 Å². The molecule has 0 radical (unpaired) electrons. The average molecular weight is 729 g/mol. The third-order valence-electron chi connectivity index (χ3n) is 9.81. The van der Waals surface area contributed by atoms with E-state index in [2.05, 4.69) is 22.2 Å². The second-order valence-electron chi connectivity index (χ2n) is 13.6. The van der Waals surface area contributed by atoms with Gasteiger partial charge in [0.25, 0.3) is 5.91 Å². The van der Waals surface area contributed by atoms with Gasteiger partial charge in [-0.05, 0) is 65.2 Å². The molecule has 7 rings (SSSR count). The lowest BCUT2D eigenvalue weighted by Gasteiger charge is -2.44. The predicted molar refractivity (Wildman–Crippen MR) is 197 cm³/mol. The van der Waals surface area contributed by atoms with Crippen LogP contribution in [-0.4, -0.2) is 64.3 Å². The maximum Gasteiger partial charge on any atom is 0.346 e. The van der Waals surface area contributed by atoms with Gasteiger partial charge in [-0.2, -0.15) is 0 Å². The SMILES string of the molecule is CN(CC(O)c1cccc(O)c1)CC1OC(c2ccc(CNC(=O)c3ccc4c(c3)C(=O)OC4=O)cc2)OC(c2ccc(CO)cc2)C1c1ccccc1. The zero-order valence-corrected chi connectivity index (χ0v) is 29.5. The number of nitrogens with zero attached hydrogens (tertiary/aromatic N) is 1. The first kappa shape index (κ1) is 36.7. The van der Waals surface area contributed by atoms with Crippen LogP contribution in [0.2, 0.25) is 0 Å². The highest BCUT2D eigenvalue weighted by Gasteiger charge is 2.42. The number of cyclic esters (lactones) is 2. The van der Waals surface area contributed by atoms with E-state index in [0.29, 0.717) is 18.7 Å². The van der Waals surface area contributed by atoms with Crippen LogP contribution in [0.1, 0.15) is 88.9 Å². The number of phenols is 1. The van der Waals surface area contributed by atoms with Crippen molar-refractivity contribution in [2.45, 2.75) is 43.7 Å². The minimum Gasteiger partial charge on any atom is -0.508 e. The Hall–Kier alpha value is -5.69. The molecule has 1 saturated heterocycles. The van der Waals surface area contributed by atoms with E-state index < -0.39 is 42.4 Å². The number of likely N-dealkylation sites (N-methyl/N-ethyl adjacent to an activating group) is 1. The van der Waals surface area contributed by atoms with Gasteiger partial charge in [0.2, 0.25) is 0 Å². The highest BCUT2D eigenvalue weighted by atomic mass is 16.7. The first-order valence-corrected chi connectivity index (χ1v) is 17.7. The van der Waals surface area contributed by atoms with Crippen LogP contribution in [0.3, 0.4) is 0 Å². The molecule has 0 spiro atoms. The molecule has 54 heavy (non-hydrogen) atoms. The Morgan fingerprint density at radius 3 is 2.20 bits per heavy atom. The Morgan fingerprint density at radius 2 is 1.48 bits per heavy atom. The number of aliphatic hydroxyl groups is 2. The third-order valence-corrected chi connectivity index (χ3v) is 9.81. The molecule has 5 aromatic carbocycles. The van der Waals surface area contributed by atoms with E-state index in [9.17, 15) is 29.7 Å². The molecule has 0 saturated carbocycles. The van der Waals surface area contributed by atoms with E-state index in [0.717, 1.165) is 27.8 Å². The molecule has 0 aromatic heterocycles. The minimum absolute atomic E-state index is 0.0683. The number of hydrogen-bond acceptors (Lipinski definition) is 10. The molecule has 5 atom stereocenters. The summed E-state index contributed by atoms with van der Waals surface area (Å²) in [7, 11) is 1.92. The molecule has 5 unspecified atom stereocenters. The summed E-state index contributed by atoms with van der Waals surface area (Å²) in [6.07, 6.45) is -2.44. The number of carbonyl (C=O) groups is 3. The van der Waals surface area contributed by atoms with Gasteiger partial charge in [0.1, 0.15) is 5.75 Å². The zero-order chi connectivity index (χ0) is 37.8. The third kappa shape index (κ3) is 8.10. The lowest BCUT2D eigenvalue weighted by atomic mass is 9.83. The molecule has 5 aromatic rings. The fraction of sp³-hybridized carbons (Fsp3) is 0.233. The van der Waals surface area contributed by atoms with Gasteiger partial charge in [0.05, 0.1) is 36.0 Å². The van der Waals surface area contributed by atoms with Gasteiger partial charge in [-0.15, -0.1) is 0 Å². The molecule has 276 valence electrons. The van der Waals surface area contributed by atoms with Crippen LogP contribution < -0.4 is 5.32 Å². The standard InChI is InChI=1S/C43H40N2O9/c1-45(23-36(48)31-8-5-9-33(47)20-31)24-37-38(28-6-3-2-4-7-28)39(29-14-12-27(25-46)13-15-29)53-43(52-37)30-16-10-26(11-17-30)22-44-40(49)32-18-19-34-35(21-32)42(51)54-41(34)50/h2-21,36-39,43,46-48H,22-25H2,1H3,(H,44,49). The Balaban J connectivity index is 1.12. The van der Waals surface area contributed by atoms with Gasteiger partial charge in [0.15, 0.2) is 6.29 Å². The normalized spacial score (nSPS) is 20.0. The highest BCUT2D eigenvalue weighted by molar-refractivity contribution is 6.15. The summed E-state index contributed by atoms with van der Waals surface area (Å²) in [6, 6.07) is 36.1. The van der Waals surface area contributed by atoms with Crippen molar-refractivity contribution in [3.05, 3.63) is 171 Å². The molecule has 0 bridgehead atoms. The van der Waals surface area contributed by atoms with Gasteiger partial charge in [-0.25, -0.2) is 9.59 Å². The zero-order valence-electron chi connectivity index (χ0n) is 29.5. The van der Waals surface area contributed by atoms with Crippen LogP contribution in [0.25, 0.3) is 0 Å². The summed E-state index contributed by atoms with van der Waals surface area (Å²) in [6.45, 7) is 0.862. The van der Waals surface area contributed by atoms with E-state index in [1.54, 1.807) is 24.3 Å². The largest absolute Gasteiger partial charge is 0.508 e. The van der Waals surface area contributed by atoms with Crippen molar-refractivity contribution < 1.29 is 43.9 Å². The van der Waals surface area contributed by atoms with Crippen molar-refractivity contribution in [2.24, 2.45) is 0 Å². The number of fused-ring (bicyclic) bond motifs is 1. The summed E-state index contributed by atoms with van der Waals surface area (Å²) in [5.41, 5.74) is 5.36. The topological polar surface area (TPSA) is 155 Å². The van der Waals surface area contributed by atoms with Crippen LogP contribution in [-0.2, 0) is 27.4 Å². The van der Waals surface area contributed by atoms with E-state index in [1.807, 2.05) is 78.7 Å². The molecule has 1 fully saturated rings. The number of aliphatic hydroxyl groups excluding tert-OH is 2. The van der Waals surface area contributed by atoms with Crippen molar-refractivity contribution in [2.75, 3.05) is 20.1 Å². The quantitative estimate of drug-likeness (QED) is 0.0925. The lowest BCUT2D eigenvalue weighted by Crippen LogP contribution is -2.44. The van der Waals surface area contributed by atoms with Crippen LogP contribution in [0.15, 0.2) is 121 Å². The monoisotopic (exact) mass is 728 g/mol. The molecular weight excluding hydrogens is 688 g/mol. The van der Waals surface area contributed by atoms with Gasteiger partial charge in [-0.1, -0.05) is 91.0 Å². The maximum atomic E-state index is 12.9. The summed E-state index contributed by atoms with van der Waals surface area (Å²) < 4.78 is 18.2. The summed E-state index contributed by atoms with van der Waals surface area (Å²) in [5, 5.41) is 33.6. The molecular formula is C43H40N2O9. The number of ether oxygens (including phenoxy) is 3. The fourth-order valence-corrected chi connectivity index (χ4v) is 6.98. The minimum atomic E-state index is -0.842. The van der Waals surface area contributed by atoms with Crippen molar-refractivity contribution in [1.29, 1.82) is 0 Å². The number of nitrogens with one attached hydrogen (secondary N) is 1. The molecule has 2 heterocycles. The second kappa shape index (κ2) is 16.1. The number of benzene rings is 5. The molecule has 0 aliphatic carbocycles. The number of carbonyl (C=O) groups excluding carboxylic acids is 3. The van der Waals surface area contributed by atoms with Gasteiger partial charge in [0, 0.05) is 36.7 Å². The number of amides is 1. The first-order valence-electron chi connectivity index (χ1n) is 17.7. The van der Waals surface area contributed by atoms with Crippen LogP contribution in [0.4, 0.5) is 0 Å². The number of rotatable bonds is 12. The fourth-order valence-electron chi connectivity index (χ4n) is 6.98. The molecule has 2 aliphatic rings. The summed E-state index contributed by atoms with van der Waals surface area (Å²) in [4.78, 5) is 38.7. The number of phenolic OH excluding ortho intramolecular Hbond substituents is 1. The Labute approximate surface area is 312 Å². The summed E-state index contributed by atoms with van der Waals surface area (Å²) >= 11 is 0. The average Bonchev–Trinajstić information content (AvgIpc) is 3.48. The first-order chi connectivity index (χ1) is 26.2. The number of aromatic hydroxyl groups is 1. The molecule has 4 N–H and O–H groups in total.